The van der Waals surface area contributed by atoms with Crippen molar-refractivity contribution in [1.29, 1.82) is 0 Å². The van der Waals surface area contributed by atoms with E-state index in [1.54, 1.807) is 7.11 Å². The van der Waals surface area contributed by atoms with E-state index < -0.39 is 0 Å². The summed E-state index contributed by atoms with van der Waals surface area (Å²) in [6.07, 6.45) is 3.77. The zero-order chi connectivity index (χ0) is 17.1. The maximum Gasteiger partial charge on any atom is 0.191 e. The summed E-state index contributed by atoms with van der Waals surface area (Å²) < 4.78 is 5.16. The van der Waals surface area contributed by atoms with Gasteiger partial charge in [0.25, 0.3) is 0 Å². The van der Waals surface area contributed by atoms with Gasteiger partial charge in [-0.05, 0) is 51.5 Å². The van der Waals surface area contributed by atoms with Crippen LogP contribution in [0.1, 0.15) is 47.0 Å². The van der Waals surface area contributed by atoms with Crippen LogP contribution in [0.5, 0.6) is 0 Å². The van der Waals surface area contributed by atoms with Gasteiger partial charge in [0.2, 0.25) is 0 Å². The Balaban J connectivity index is 0.00000529. The summed E-state index contributed by atoms with van der Waals surface area (Å²) in [5.41, 5.74) is 0. The molecule has 0 saturated carbocycles. The largest absolute Gasteiger partial charge is 0.383 e. The first-order valence-corrected chi connectivity index (χ1v) is 9.31. The molecule has 1 rings (SSSR count). The molecule has 24 heavy (non-hydrogen) atoms. The molecule has 1 aliphatic rings. The summed E-state index contributed by atoms with van der Waals surface area (Å²) in [6.45, 7) is 15.2. The highest BCUT2D eigenvalue weighted by molar-refractivity contribution is 14.0. The first-order chi connectivity index (χ1) is 11.0. The van der Waals surface area contributed by atoms with Crippen LogP contribution in [-0.2, 0) is 4.74 Å². The quantitative estimate of drug-likeness (QED) is 0.244. The Kier molecular flexibility index (Phi) is 14.1. The number of guanidine groups is 1. The molecule has 144 valence electrons. The van der Waals surface area contributed by atoms with Crippen molar-refractivity contribution in [3.63, 3.8) is 0 Å². The standard InChI is InChI=1S/C18H38N4O.HI/c1-6-19-18(21-17(4)14-23-5)20-9-7-8-10-22-12-15(2)11-16(3)13-22;/h15-17H,6-14H2,1-5H3,(H2,19,20,21);1H. The lowest BCUT2D eigenvalue weighted by atomic mass is 9.92. The van der Waals surface area contributed by atoms with Gasteiger partial charge in [0.1, 0.15) is 0 Å². The molecule has 5 nitrogen and oxygen atoms in total. The topological polar surface area (TPSA) is 48.9 Å². The Morgan fingerprint density at radius 1 is 1.25 bits per heavy atom. The molecule has 0 radical (unpaired) electrons. The summed E-state index contributed by atoms with van der Waals surface area (Å²) in [5.74, 6) is 2.60. The molecule has 6 heteroatoms. The third-order valence-corrected chi connectivity index (χ3v) is 4.24. The average Bonchev–Trinajstić information content (AvgIpc) is 2.46. The fraction of sp³-hybridized carbons (Fsp3) is 0.944. The fourth-order valence-corrected chi connectivity index (χ4v) is 3.46. The Morgan fingerprint density at radius 3 is 2.50 bits per heavy atom. The molecule has 0 aromatic heterocycles. The van der Waals surface area contributed by atoms with Gasteiger partial charge in [-0.25, -0.2) is 0 Å². The molecule has 1 heterocycles. The molecule has 1 aliphatic heterocycles. The maximum absolute atomic E-state index is 5.16. The van der Waals surface area contributed by atoms with Crippen molar-refractivity contribution >= 4 is 29.9 Å². The second kappa shape index (κ2) is 14.1. The molecule has 0 spiro atoms. The van der Waals surface area contributed by atoms with Crippen LogP contribution in [0.15, 0.2) is 4.99 Å². The van der Waals surface area contributed by atoms with Gasteiger partial charge in [-0.15, -0.1) is 24.0 Å². The Hall–Kier alpha value is -0.0800. The number of unbranched alkanes of at least 4 members (excludes halogenated alkanes) is 1. The summed E-state index contributed by atoms with van der Waals surface area (Å²) in [4.78, 5) is 7.30. The third kappa shape index (κ3) is 10.7. The van der Waals surface area contributed by atoms with E-state index in [9.17, 15) is 0 Å². The molecule has 0 aromatic rings. The van der Waals surface area contributed by atoms with E-state index in [0.29, 0.717) is 6.61 Å². The summed E-state index contributed by atoms with van der Waals surface area (Å²) in [5, 5.41) is 6.67. The third-order valence-electron chi connectivity index (χ3n) is 4.24. The van der Waals surface area contributed by atoms with Gasteiger partial charge >= 0.3 is 0 Å². The number of methoxy groups -OCH3 is 1. The van der Waals surface area contributed by atoms with Crippen molar-refractivity contribution in [2.24, 2.45) is 16.8 Å². The normalized spacial score (nSPS) is 23.5. The van der Waals surface area contributed by atoms with Crippen molar-refractivity contribution < 1.29 is 4.74 Å². The number of likely N-dealkylation sites (tertiary alicyclic amines) is 1. The lowest BCUT2D eigenvalue weighted by molar-refractivity contribution is 0.139. The number of nitrogens with zero attached hydrogens (tertiary/aromatic N) is 2. The SMILES string of the molecule is CCNC(=NCCCCN1CC(C)CC(C)C1)NC(C)COC.I. The van der Waals surface area contributed by atoms with Crippen molar-refractivity contribution in [1.82, 2.24) is 15.5 Å². The number of aliphatic imine (C=N–C) groups is 1. The van der Waals surface area contributed by atoms with Crippen molar-refractivity contribution in [3.8, 4) is 0 Å². The van der Waals surface area contributed by atoms with Crippen LogP contribution in [0.2, 0.25) is 0 Å². The van der Waals surface area contributed by atoms with E-state index in [-0.39, 0.29) is 30.0 Å². The highest BCUT2D eigenvalue weighted by Crippen LogP contribution is 2.20. The van der Waals surface area contributed by atoms with E-state index in [4.69, 9.17) is 4.74 Å². The Morgan fingerprint density at radius 2 is 1.92 bits per heavy atom. The van der Waals surface area contributed by atoms with Crippen LogP contribution in [-0.4, -0.2) is 63.3 Å². The second-order valence-electron chi connectivity index (χ2n) is 7.17. The molecular weight excluding hydrogens is 415 g/mol. The molecule has 1 saturated heterocycles. The highest BCUT2D eigenvalue weighted by atomic mass is 127. The average molecular weight is 454 g/mol. The van der Waals surface area contributed by atoms with Gasteiger partial charge in [0.05, 0.1) is 6.61 Å². The maximum atomic E-state index is 5.16. The minimum atomic E-state index is 0. The number of halogens is 1. The van der Waals surface area contributed by atoms with E-state index >= 15 is 0 Å². The minimum absolute atomic E-state index is 0. The van der Waals surface area contributed by atoms with Crippen LogP contribution in [0.4, 0.5) is 0 Å². The van der Waals surface area contributed by atoms with Crippen LogP contribution >= 0.6 is 24.0 Å². The molecular formula is C18H39IN4O. The first kappa shape index (κ1) is 23.9. The smallest absolute Gasteiger partial charge is 0.191 e. The molecule has 0 bridgehead atoms. The monoisotopic (exact) mass is 454 g/mol. The number of nitrogens with one attached hydrogen (secondary N) is 2. The van der Waals surface area contributed by atoms with Crippen LogP contribution < -0.4 is 10.6 Å². The minimum Gasteiger partial charge on any atom is -0.383 e. The number of piperidine rings is 1. The molecule has 2 N–H and O–H groups in total. The van der Waals surface area contributed by atoms with Crippen LogP contribution in [0.25, 0.3) is 0 Å². The van der Waals surface area contributed by atoms with Crippen molar-refractivity contribution in [3.05, 3.63) is 0 Å². The zero-order valence-electron chi connectivity index (χ0n) is 16.3. The van der Waals surface area contributed by atoms with Crippen LogP contribution in [0, 0.1) is 11.8 Å². The van der Waals surface area contributed by atoms with Gasteiger partial charge in [-0.3, -0.25) is 4.99 Å². The van der Waals surface area contributed by atoms with Crippen molar-refractivity contribution in [2.45, 2.75) is 53.0 Å². The van der Waals surface area contributed by atoms with E-state index in [1.165, 1.54) is 32.5 Å². The predicted octanol–water partition coefficient (Wildman–Crippen LogP) is 2.95. The molecule has 1 fully saturated rings. The van der Waals surface area contributed by atoms with Gasteiger partial charge < -0.3 is 20.3 Å². The van der Waals surface area contributed by atoms with Gasteiger partial charge in [0, 0.05) is 39.3 Å². The second-order valence-corrected chi connectivity index (χ2v) is 7.17. The molecule has 0 aliphatic carbocycles. The first-order valence-electron chi connectivity index (χ1n) is 9.31. The zero-order valence-corrected chi connectivity index (χ0v) is 18.6. The number of rotatable bonds is 9. The summed E-state index contributed by atoms with van der Waals surface area (Å²) in [6, 6.07) is 0.272. The van der Waals surface area contributed by atoms with E-state index in [2.05, 4.69) is 48.2 Å². The van der Waals surface area contributed by atoms with Crippen molar-refractivity contribution in [2.75, 3.05) is 46.4 Å². The van der Waals surface area contributed by atoms with E-state index in [0.717, 1.165) is 37.3 Å². The number of hydrogen-bond donors (Lipinski definition) is 2. The molecule has 3 atom stereocenters. The van der Waals surface area contributed by atoms with E-state index in [1.807, 2.05) is 0 Å². The summed E-state index contributed by atoms with van der Waals surface area (Å²) in [7, 11) is 1.73. The molecule has 0 aromatic carbocycles. The Bertz CT molecular complexity index is 331. The predicted molar refractivity (Wildman–Crippen MR) is 114 cm³/mol. The Labute approximate surface area is 166 Å². The van der Waals surface area contributed by atoms with Gasteiger partial charge in [-0.1, -0.05) is 13.8 Å². The summed E-state index contributed by atoms with van der Waals surface area (Å²) >= 11 is 0. The number of hydrogen-bond acceptors (Lipinski definition) is 3. The highest BCUT2D eigenvalue weighted by Gasteiger charge is 2.20. The lowest BCUT2D eigenvalue weighted by Crippen LogP contribution is -2.44. The number of ether oxygens (including phenoxy) is 1. The van der Waals surface area contributed by atoms with Gasteiger partial charge in [-0.2, -0.15) is 0 Å². The van der Waals surface area contributed by atoms with Crippen LogP contribution in [0.3, 0.4) is 0 Å². The fourth-order valence-electron chi connectivity index (χ4n) is 3.46. The molecule has 0 amide bonds. The van der Waals surface area contributed by atoms with Gasteiger partial charge in [0.15, 0.2) is 5.96 Å². The lowest BCUT2D eigenvalue weighted by Gasteiger charge is -2.34. The molecule has 3 unspecified atom stereocenters.